The van der Waals surface area contributed by atoms with Crippen LogP contribution in [0.4, 0.5) is 4.79 Å². The van der Waals surface area contributed by atoms with Crippen molar-refractivity contribution in [1.82, 2.24) is 10.2 Å². The Labute approximate surface area is 141 Å². The van der Waals surface area contributed by atoms with Crippen molar-refractivity contribution in [3.63, 3.8) is 0 Å². The van der Waals surface area contributed by atoms with Crippen LogP contribution in [0.5, 0.6) is 5.75 Å². The first-order chi connectivity index (χ1) is 11.0. The summed E-state index contributed by atoms with van der Waals surface area (Å²) in [6, 6.07) is 7.95. The van der Waals surface area contributed by atoms with Gasteiger partial charge in [0.1, 0.15) is 5.75 Å². The van der Waals surface area contributed by atoms with Gasteiger partial charge in [-0.3, -0.25) is 0 Å². The van der Waals surface area contributed by atoms with Crippen LogP contribution in [0.25, 0.3) is 0 Å². The fourth-order valence-electron chi connectivity index (χ4n) is 2.48. The Kier molecular flexibility index (Phi) is 8.52. The average Bonchev–Trinajstić information content (AvgIpc) is 2.51. The van der Waals surface area contributed by atoms with E-state index in [4.69, 9.17) is 4.74 Å². The molecule has 1 aromatic rings. The Bertz CT molecular complexity index is 474. The normalized spacial score (nSPS) is 12.1. The van der Waals surface area contributed by atoms with E-state index in [1.54, 1.807) is 0 Å². The highest BCUT2D eigenvalue weighted by Gasteiger charge is 2.16. The van der Waals surface area contributed by atoms with Gasteiger partial charge in [-0.05, 0) is 37.3 Å². The van der Waals surface area contributed by atoms with E-state index in [-0.39, 0.29) is 12.3 Å². The topological polar surface area (TPSA) is 41.6 Å². The smallest absolute Gasteiger partial charge is 0.320 e. The van der Waals surface area contributed by atoms with Gasteiger partial charge in [0.2, 0.25) is 0 Å². The lowest BCUT2D eigenvalue weighted by Crippen LogP contribution is -2.46. The second-order valence-corrected chi connectivity index (χ2v) is 6.24. The number of hydrogen-bond donors (Lipinski definition) is 1. The molecule has 0 spiro atoms. The van der Waals surface area contributed by atoms with E-state index >= 15 is 0 Å². The van der Waals surface area contributed by atoms with Crippen LogP contribution < -0.4 is 10.1 Å². The molecule has 4 heteroatoms. The van der Waals surface area contributed by atoms with Gasteiger partial charge >= 0.3 is 6.03 Å². The maximum absolute atomic E-state index is 12.4. The van der Waals surface area contributed by atoms with Crippen molar-refractivity contribution in [3.8, 4) is 5.75 Å². The molecule has 0 saturated carbocycles. The Morgan fingerprint density at radius 3 is 2.43 bits per heavy atom. The first kappa shape index (κ1) is 19.3. The minimum Gasteiger partial charge on any atom is -0.471 e. The highest BCUT2D eigenvalue weighted by molar-refractivity contribution is 5.74. The fraction of sp³-hybridized carbons (Fsp3) is 0.632. The Balaban J connectivity index is 2.64. The molecule has 1 unspecified atom stereocenters. The van der Waals surface area contributed by atoms with Crippen LogP contribution in [-0.2, 0) is 0 Å². The number of ether oxygens (including phenoxy) is 1. The van der Waals surface area contributed by atoms with Crippen molar-refractivity contribution >= 4 is 6.03 Å². The zero-order valence-corrected chi connectivity index (χ0v) is 15.3. The number of carbonyl (C=O) groups is 1. The number of urea groups is 1. The first-order valence-electron chi connectivity index (χ1n) is 8.80. The molecule has 0 heterocycles. The van der Waals surface area contributed by atoms with Gasteiger partial charge in [0.25, 0.3) is 0 Å². The number of nitrogens with one attached hydrogen (secondary N) is 1. The van der Waals surface area contributed by atoms with E-state index in [0.29, 0.717) is 5.92 Å². The summed E-state index contributed by atoms with van der Waals surface area (Å²) in [7, 11) is 0. The Hall–Kier alpha value is -1.71. The largest absolute Gasteiger partial charge is 0.471 e. The summed E-state index contributed by atoms with van der Waals surface area (Å²) >= 11 is 0. The van der Waals surface area contributed by atoms with Crippen LogP contribution >= 0.6 is 0 Å². The number of rotatable bonds is 9. The highest BCUT2D eigenvalue weighted by atomic mass is 16.5. The van der Waals surface area contributed by atoms with Crippen LogP contribution in [0.2, 0.25) is 0 Å². The number of nitrogens with zero attached hydrogens (tertiary/aromatic N) is 1. The predicted octanol–water partition coefficient (Wildman–Crippen LogP) is 4.76. The van der Waals surface area contributed by atoms with Crippen molar-refractivity contribution in [1.29, 1.82) is 0 Å². The highest BCUT2D eigenvalue weighted by Crippen LogP contribution is 2.26. The molecule has 0 aliphatic rings. The minimum atomic E-state index is -0.358. The zero-order chi connectivity index (χ0) is 17.2. The van der Waals surface area contributed by atoms with Gasteiger partial charge in [-0.15, -0.1) is 0 Å². The first-order valence-corrected chi connectivity index (χ1v) is 8.80. The summed E-state index contributed by atoms with van der Waals surface area (Å²) in [4.78, 5) is 14.3. The summed E-state index contributed by atoms with van der Waals surface area (Å²) in [6.07, 6.45) is 2.71. The minimum absolute atomic E-state index is 0.0465. The molecule has 130 valence electrons. The van der Waals surface area contributed by atoms with Gasteiger partial charge in [0, 0.05) is 13.1 Å². The van der Waals surface area contributed by atoms with Crippen LogP contribution in [0.3, 0.4) is 0 Å². The lowest BCUT2D eigenvalue weighted by molar-refractivity contribution is 0.151. The molecule has 4 nitrogen and oxygen atoms in total. The molecule has 1 aromatic carbocycles. The van der Waals surface area contributed by atoms with Gasteiger partial charge < -0.3 is 15.0 Å². The van der Waals surface area contributed by atoms with Crippen molar-refractivity contribution in [2.24, 2.45) is 0 Å². The van der Waals surface area contributed by atoms with E-state index in [9.17, 15) is 4.79 Å². The molecule has 0 fully saturated rings. The SMILES string of the molecule is CCCCN(CCC)C(=O)NC(C)Oc1ccccc1C(C)C. The molecule has 0 bridgehead atoms. The predicted molar refractivity (Wildman–Crippen MR) is 95.9 cm³/mol. The van der Waals surface area contributed by atoms with E-state index in [0.717, 1.165) is 43.7 Å². The molecule has 0 radical (unpaired) electrons. The third-order valence-corrected chi connectivity index (χ3v) is 3.73. The monoisotopic (exact) mass is 320 g/mol. The van der Waals surface area contributed by atoms with Crippen molar-refractivity contribution in [3.05, 3.63) is 29.8 Å². The molecule has 0 aromatic heterocycles. The number of para-hydroxylation sites is 1. The molecule has 2 amide bonds. The van der Waals surface area contributed by atoms with E-state index in [1.807, 2.05) is 30.0 Å². The molecule has 1 N–H and O–H groups in total. The van der Waals surface area contributed by atoms with Gasteiger partial charge in [0.05, 0.1) is 0 Å². The molecule has 1 atom stereocenters. The van der Waals surface area contributed by atoms with Gasteiger partial charge in [-0.2, -0.15) is 0 Å². The second-order valence-electron chi connectivity index (χ2n) is 6.24. The number of carbonyl (C=O) groups excluding carboxylic acids is 1. The molecule has 1 rings (SSSR count). The molecule has 0 aliphatic carbocycles. The van der Waals surface area contributed by atoms with Crippen molar-refractivity contribution in [2.45, 2.75) is 66.0 Å². The fourth-order valence-corrected chi connectivity index (χ4v) is 2.48. The molecule has 0 aliphatic heterocycles. The number of unbranched alkanes of at least 4 members (excludes halogenated alkanes) is 1. The summed E-state index contributed by atoms with van der Waals surface area (Å²) in [5.41, 5.74) is 1.16. The maximum Gasteiger partial charge on any atom is 0.320 e. The van der Waals surface area contributed by atoms with Crippen LogP contribution in [0.15, 0.2) is 24.3 Å². The second kappa shape index (κ2) is 10.1. The van der Waals surface area contributed by atoms with E-state index in [2.05, 4.69) is 39.1 Å². The molecule has 23 heavy (non-hydrogen) atoms. The third kappa shape index (κ3) is 6.51. The third-order valence-electron chi connectivity index (χ3n) is 3.73. The summed E-state index contributed by atoms with van der Waals surface area (Å²) in [6.45, 7) is 11.9. The maximum atomic E-state index is 12.4. The molecular formula is C19H32N2O2. The Morgan fingerprint density at radius 1 is 1.13 bits per heavy atom. The van der Waals surface area contributed by atoms with Gasteiger partial charge in [-0.1, -0.05) is 52.3 Å². The summed E-state index contributed by atoms with van der Waals surface area (Å²) in [5.74, 6) is 1.22. The number of amides is 2. The average molecular weight is 320 g/mol. The van der Waals surface area contributed by atoms with Gasteiger partial charge in [-0.25, -0.2) is 4.79 Å². The van der Waals surface area contributed by atoms with Crippen LogP contribution in [0.1, 0.15) is 65.4 Å². The van der Waals surface area contributed by atoms with E-state index < -0.39 is 0 Å². The zero-order valence-electron chi connectivity index (χ0n) is 15.3. The standard InChI is InChI=1S/C19H32N2O2/c1-6-8-14-21(13-7-2)19(22)20-16(5)23-18-12-10-9-11-17(18)15(3)4/h9-12,15-16H,6-8,13-14H2,1-5H3,(H,20,22). The lowest BCUT2D eigenvalue weighted by Gasteiger charge is -2.26. The van der Waals surface area contributed by atoms with E-state index in [1.165, 1.54) is 0 Å². The summed E-state index contributed by atoms with van der Waals surface area (Å²) < 4.78 is 5.95. The van der Waals surface area contributed by atoms with Crippen molar-refractivity contribution < 1.29 is 9.53 Å². The van der Waals surface area contributed by atoms with Gasteiger partial charge in [0.15, 0.2) is 6.23 Å². The van der Waals surface area contributed by atoms with Crippen LogP contribution in [-0.4, -0.2) is 30.2 Å². The number of benzene rings is 1. The van der Waals surface area contributed by atoms with Crippen LogP contribution in [0, 0.1) is 0 Å². The quantitative estimate of drug-likeness (QED) is 0.667. The summed E-state index contributed by atoms with van der Waals surface area (Å²) in [5, 5.41) is 2.95. The van der Waals surface area contributed by atoms with Crippen molar-refractivity contribution in [2.75, 3.05) is 13.1 Å². The lowest BCUT2D eigenvalue weighted by atomic mass is 10.0. The molecular weight excluding hydrogens is 288 g/mol. The Morgan fingerprint density at radius 2 is 1.83 bits per heavy atom. The number of hydrogen-bond acceptors (Lipinski definition) is 2. The molecule has 0 saturated heterocycles.